The van der Waals surface area contributed by atoms with Crippen molar-refractivity contribution in [3.63, 3.8) is 0 Å². The van der Waals surface area contributed by atoms with Crippen LogP contribution in [0.1, 0.15) is 10.4 Å². The number of aromatic nitrogens is 2. The summed E-state index contributed by atoms with van der Waals surface area (Å²) in [6.45, 7) is -1.80. The monoisotopic (exact) mass is 359 g/mol. The Morgan fingerprint density at radius 1 is 1.20 bits per heavy atom. The minimum absolute atomic E-state index is 0.113. The summed E-state index contributed by atoms with van der Waals surface area (Å²) in [5, 5.41) is 2.59. The number of aryl methyl sites for hydroxylation is 1. The van der Waals surface area contributed by atoms with Gasteiger partial charge < -0.3 is 10.1 Å². The summed E-state index contributed by atoms with van der Waals surface area (Å²) in [5.74, 6) is -0.562. The van der Waals surface area contributed by atoms with Crippen molar-refractivity contribution in [1.82, 2.24) is 14.5 Å². The van der Waals surface area contributed by atoms with Crippen molar-refractivity contribution in [3.8, 4) is 0 Å². The average Bonchev–Trinajstić information content (AvgIpc) is 2.56. The molecule has 0 radical (unpaired) electrons. The van der Waals surface area contributed by atoms with Gasteiger partial charge in [-0.05, 0) is 18.2 Å². The predicted molar refractivity (Wildman–Crippen MR) is 83.6 cm³/mol. The number of carbonyl (C=O) groups excluding carboxylic acids is 1. The number of hydrogen-bond acceptors (Lipinski definition) is 4. The van der Waals surface area contributed by atoms with Crippen LogP contribution in [0.25, 0.3) is 10.9 Å². The molecule has 136 valence electrons. The SMILES string of the molecule is Cn1c(=O)c2cc(C(=O)NCCOCC(F)(F)F)ccc2n(C)c1=O. The molecule has 2 aromatic rings. The molecule has 0 spiro atoms. The molecule has 0 aliphatic heterocycles. The van der Waals surface area contributed by atoms with Gasteiger partial charge in [0.15, 0.2) is 0 Å². The second-order valence-electron chi connectivity index (χ2n) is 5.36. The summed E-state index contributed by atoms with van der Waals surface area (Å²) >= 11 is 0. The number of fused-ring (bicyclic) bond motifs is 1. The number of alkyl halides is 3. The van der Waals surface area contributed by atoms with Gasteiger partial charge in [-0.1, -0.05) is 0 Å². The van der Waals surface area contributed by atoms with Gasteiger partial charge in [-0.25, -0.2) is 4.79 Å². The molecule has 25 heavy (non-hydrogen) atoms. The molecule has 0 fully saturated rings. The number of benzene rings is 1. The van der Waals surface area contributed by atoms with Gasteiger partial charge in [-0.2, -0.15) is 13.2 Å². The Morgan fingerprint density at radius 2 is 1.88 bits per heavy atom. The van der Waals surface area contributed by atoms with E-state index in [0.717, 1.165) is 4.57 Å². The summed E-state index contributed by atoms with van der Waals surface area (Å²) in [6.07, 6.45) is -4.42. The second-order valence-corrected chi connectivity index (χ2v) is 5.36. The Bertz CT molecular complexity index is 915. The Kier molecular flexibility index (Phi) is 5.31. The standard InChI is InChI=1S/C15H16F3N3O4/c1-20-11-4-3-9(7-10(11)13(23)21(2)14(20)24)12(22)19-5-6-25-8-15(16,17)18/h3-4,7H,5-6,8H2,1-2H3,(H,19,22). The van der Waals surface area contributed by atoms with Gasteiger partial charge in [-0.15, -0.1) is 0 Å². The van der Waals surface area contributed by atoms with Crippen LogP contribution in [0.4, 0.5) is 13.2 Å². The third-order valence-electron chi connectivity index (χ3n) is 3.53. The first-order valence-electron chi connectivity index (χ1n) is 7.24. The highest BCUT2D eigenvalue weighted by Gasteiger charge is 2.27. The van der Waals surface area contributed by atoms with Crippen LogP contribution in [0.3, 0.4) is 0 Å². The molecule has 0 saturated carbocycles. The lowest BCUT2D eigenvalue weighted by atomic mass is 10.1. The first-order valence-corrected chi connectivity index (χ1v) is 7.24. The van der Waals surface area contributed by atoms with E-state index in [-0.39, 0.29) is 24.1 Å². The first-order chi connectivity index (χ1) is 11.6. The molecule has 0 atom stereocenters. The van der Waals surface area contributed by atoms with Gasteiger partial charge in [0.25, 0.3) is 11.5 Å². The number of nitrogens with zero attached hydrogens (tertiary/aromatic N) is 2. The lowest BCUT2D eigenvalue weighted by Crippen LogP contribution is -2.37. The Hall–Kier alpha value is -2.62. The van der Waals surface area contributed by atoms with Crippen molar-refractivity contribution < 1.29 is 22.7 Å². The number of amides is 1. The Balaban J connectivity index is 2.12. The fraction of sp³-hybridized carbons (Fsp3) is 0.400. The molecule has 2 rings (SSSR count). The highest BCUT2D eigenvalue weighted by Crippen LogP contribution is 2.14. The number of halogens is 3. The fourth-order valence-electron chi connectivity index (χ4n) is 2.26. The first kappa shape index (κ1) is 18.7. The quantitative estimate of drug-likeness (QED) is 0.791. The van der Waals surface area contributed by atoms with Crippen LogP contribution in [0.5, 0.6) is 0 Å². The molecule has 1 amide bonds. The maximum absolute atomic E-state index is 12.2. The van der Waals surface area contributed by atoms with E-state index in [1.807, 2.05) is 0 Å². The van der Waals surface area contributed by atoms with Gasteiger partial charge in [-0.3, -0.25) is 18.7 Å². The lowest BCUT2D eigenvalue weighted by molar-refractivity contribution is -0.173. The molecule has 10 heteroatoms. The molecule has 0 unspecified atom stereocenters. The minimum Gasteiger partial charge on any atom is -0.370 e. The zero-order chi connectivity index (χ0) is 18.8. The van der Waals surface area contributed by atoms with Crippen molar-refractivity contribution in [1.29, 1.82) is 0 Å². The number of rotatable bonds is 5. The van der Waals surface area contributed by atoms with E-state index in [0.29, 0.717) is 5.52 Å². The number of ether oxygens (including phenoxy) is 1. The second kappa shape index (κ2) is 7.09. The topological polar surface area (TPSA) is 82.3 Å². The van der Waals surface area contributed by atoms with E-state index in [1.165, 1.54) is 36.9 Å². The van der Waals surface area contributed by atoms with Crippen LogP contribution >= 0.6 is 0 Å². The molecule has 1 aromatic carbocycles. The van der Waals surface area contributed by atoms with Crippen LogP contribution in [-0.2, 0) is 18.8 Å². The summed E-state index contributed by atoms with van der Waals surface area (Å²) in [5.41, 5.74) is -0.505. The van der Waals surface area contributed by atoms with Gasteiger partial charge in [0.2, 0.25) is 0 Å². The van der Waals surface area contributed by atoms with Gasteiger partial charge in [0.05, 0.1) is 17.5 Å². The average molecular weight is 359 g/mol. The molecule has 0 aliphatic rings. The van der Waals surface area contributed by atoms with E-state index < -0.39 is 29.9 Å². The summed E-state index contributed by atoms with van der Waals surface area (Å²) < 4.78 is 42.3. The molecule has 1 heterocycles. The predicted octanol–water partition coefficient (Wildman–Crippen LogP) is 0.546. The summed E-state index contributed by atoms with van der Waals surface area (Å²) in [4.78, 5) is 36.0. The van der Waals surface area contributed by atoms with E-state index in [2.05, 4.69) is 10.1 Å². The van der Waals surface area contributed by atoms with Gasteiger partial charge in [0.1, 0.15) is 6.61 Å². The zero-order valence-corrected chi connectivity index (χ0v) is 13.5. The lowest BCUT2D eigenvalue weighted by Gasteiger charge is -2.10. The minimum atomic E-state index is -4.42. The van der Waals surface area contributed by atoms with Gasteiger partial charge >= 0.3 is 11.9 Å². The molecule has 1 N–H and O–H groups in total. The molecule has 0 bridgehead atoms. The third-order valence-corrected chi connectivity index (χ3v) is 3.53. The van der Waals surface area contributed by atoms with E-state index in [4.69, 9.17) is 0 Å². The highest BCUT2D eigenvalue weighted by atomic mass is 19.4. The normalized spacial score (nSPS) is 11.7. The molecular formula is C15H16F3N3O4. The third kappa shape index (κ3) is 4.27. The molecular weight excluding hydrogens is 343 g/mol. The maximum Gasteiger partial charge on any atom is 0.411 e. The van der Waals surface area contributed by atoms with Crippen molar-refractivity contribution in [3.05, 3.63) is 44.6 Å². The number of carbonyl (C=O) groups is 1. The van der Waals surface area contributed by atoms with Gasteiger partial charge in [0, 0.05) is 26.2 Å². The molecule has 7 nitrogen and oxygen atoms in total. The number of hydrogen-bond donors (Lipinski definition) is 1. The van der Waals surface area contributed by atoms with Crippen LogP contribution in [0, 0.1) is 0 Å². The van der Waals surface area contributed by atoms with Crippen LogP contribution in [-0.4, -0.2) is 41.0 Å². The Morgan fingerprint density at radius 3 is 2.52 bits per heavy atom. The van der Waals surface area contributed by atoms with E-state index >= 15 is 0 Å². The highest BCUT2D eigenvalue weighted by molar-refractivity contribution is 5.97. The molecule has 1 aromatic heterocycles. The van der Waals surface area contributed by atoms with E-state index in [9.17, 15) is 27.6 Å². The Labute approximate surface area is 139 Å². The summed E-state index contributed by atoms with van der Waals surface area (Å²) in [7, 11) is 2.83. The van der Waals surface area contributed by atoms with Crippen molar-refractivity contribution in [2.75, 3.05) is 19.8 Å². The smallest absolute Gasteiger partial charge is 0.370 e. The van der Waals surface area contributed by atoms with Crippen molar-refractivity contribution >= 4 is 16.8 Å². The number of nitrogens with one attached hydrogen (secondary N) is 1. The van der Waals surface area contributed by atoms with Crippen LogP contribution in [0.15, 0.2) is 27.8 Å². The molecule has 0 saturated heterocycles. The van der Waals surface area contributed by atoms with Crippen LogP contribution in [0.2, 0.25) is 0 Å². The van der Waals surface area contributed by atoms with Crippen LogP contribution < -0.4 is 16.6 Å². The largest absolute Gasteiger partial charge is 0.411 e. The van der Waals surface area contributed by atoms with Crippen molar-refractivity contribution in [2.45, 2.75) is 6.18 Å². The molecule has 0 aliphatic carbocycles. The fourth-order valence-corrected chi connectivity index (χ4v) is 2.26. The summed E-state index contributed by atoms with van der Waals surface area (Å²) in [6, 6.07) is 4.23. The van der Waals surface area contributed by atoms with Crippen molar-refractivity contribution in [2.24, 2.45) is 14.1 Å². The maximum atomic E-state index is 12.2. The van der Waals surface area contributed by atoms with E-state index in [1.54, 1.807) is 0 Å². The zero-order valence-electron chi connectivity index (χ0n) is 13.5.